The molecule has 2 aliphatic heterocycles. The maximum atomic E-state index is 12.6. The van der Waals surface area contributed by atoms with E-state index in [-0.39, 0.29) is 47.9 Å². The third-order valence-electron chi connectivity index (χ3n) is 5.75. The lowest BCUT2D eigenvalue weighted by Gasteiger charge is -2.43. The first-order valence-electron chi connectivity index (χ1n) is 9.60. The van der Waals surface area contributed by atoms with Crippen molar-refractivity contribution in [1.29, 1.82) is 0 Å². The van der Waals surface area contributed by atoms with Crippen molar-refractivity contribution in [3.8, 4) is 0 Å². The number of likely N-dealkylation sites (tertiary alicyclic amines) is 2. The second-order valence-corrected chi connectivity index (χ2v) is 7.71. The van der Waals surface area contributed by atoms with E-state index in [1.165, 1.54) is 11.8 Å². The Morgan fingerprint density at radius 1 is 1.00 bits per heavy atom. The first kappa shape index (κ1) is 18.4. The highest BCUT2D eigenvalue weighted by Crippen LogP contribution is 2.37. The molecule has 2 atom stereocenters. The van der Waals surface area contributed by atoms with E-state index >= 15 is 0 Å². The van der Waals surface area contributed by atoms with Gasteiger partial charge in [-0.05, 0) is 30.5 Å². The molecule has 146 valence electrons. The van der Waals surface area contributed by atoms with Gasteiger partial charge in [-0.3, -0.25) is 24.1 Å². The summed E-state index contributed by atoms with van der Waals surface area (Å²) >= 11 is 0. The van der Waals surface area contributed by atoms with Crippen molar-refractivity contribution >= 4 is 29.3 Å². The lowest BCUT2D eigenvalue weighted by atomic mass is 9.85. The molecule has 1 aromatic rings. The molecule has 0 aromatic heterocycles. The minimum atomic E-state index is -0.218. The summed E-state index contributed by atoms with van der Waals surface area (Å²) in [6.45, 7) is 2.26. The van der Waals surface area contributed by atoms with Crippen LogP contribution in [0.4, 0.5) is 5.69 Å². The van der Waals surface area contributed by atoms with E-state index in [0.717, 1.165) is 5.56 Å². The molecule has 28 heavy (non-hydrogen) atoms. The van der Waals surface area contributed by atoms with E-state index < -0.39 is 0 Å². The highest BCUT2D eigenvalue weighted by Gasteiger charge is 2.52. The van der Waals surface area contributed by atoms with Crippen molar-refractivity contribution < 1.29 is 19.2 Å². The molecule has 7 nitrogen and oxygen atoms in total. The summed E-state index contributed by atoms with van der Waals surface area (Å²) in [6.07, 6.45) is 5.47. The summed E-state index contributed by atoms with van der Waals surface area (Å²) in [4.78, 5) is 51.8. The zero-order valence-corrected chi connectivity index (χ0v) is 15.8. The molecule has 2 saturated heterocycles. The topological polar surface area (TPSA) is 86.8 Å². The van der Waals surface area contributed by atoms with E-state index in [2.05, 4.69) is 5.32 Å². The minimum absolute atomic E-state index is 0.0262. The molecule has 2 fully saturated rings. The maximum absolute atomic E-state index is 12.6. The average molecular weight is 381 g/mol. The van der Waals surface area contributed by atoms with Crippen LogP contribution in [0.15, 0.2) is 36.4 Å². The number of nitrogens with one attached hydrogen (secondary N) is 1. The predicted molar refractivity (Wildman–Crippen MR) is 102 cm³/mol. The second kappa shape index (κ2) is 7.22. The van der Waals surface area contributed by atoms with E-state index in [4.69, 9.17) is 0 Å². The smallest absolute Gasteiger partial charge is 0.233 e. The molecule has 0 bridgehead atoms. The first-order chi connectivity index (χ1) is 13.4. The number of hydrogen-bond acceptors (Lipinski definition) is 4. The zero-order chi connectivity index (χ0) is 19.8. The summed E-state index contributed by atoms with van der Waals surface area (Å²) in [5.74, 6) is -0.762. The fraction of sp³-hybridized carbons (Fsp3) is 0.429. The zero-order valence-electron chi connectivity index (χ0n) is 15.8. The number of allylic oxidation sites excluding steroid dienone is 2. The number of benzene rings is 1. The maximum Gasteiger partial charge on any atom is 0.233 e. The van der Waals surface area contributed by atoms with Crippen LogP contribution in [0, 0.1) is 11.8 Å². The van der Waals surface area contributed by atoms with Crippen LogP contribution in [0.3, 0.4) is 0 Å². The van der Waals surface area contributed by atoms with Crippen LogP contribution in [-0.4, -0.2) is 52.6 Å². The number of carbonyl (C=O) groups excluding carboxylic acids is 4. The van der Waals surface area contributed by atoms with Crippen molar-refractivity contribution in [1.82, 2.24) is 9.80 Å². The molecule has 3 aliphatic rings. The molecule has 1 aliphatic carbocycles. The van der Waals surface area contributed by atoms with Gasteiger partial charge >= 0.3 is 0 Å². The first-order valence-corrected chi connectivity index (χ1v) is 9.60. The van der Waals surface area contributed by atoms with Gasteiger partial charge in [0, 0.05) is 25.7 Å². The molecule has 0 saturated carbocycles. The lowest BCUT2D eigenvalue weighted by molar-refractivity contribution is -0.152. The highest BCUT2D eigenvalue weighted by molar-refractivity contribution is 6.06. The third kappa shape index (κ3) is 3.32. The van der Waals surface area contributed by atoms with Gasteiger partial charge in [-0.15, -0.1) is 0 Å². The monoisotopic (exact) mass is 381 g/mol. The average Bonchev–Trinajstić information content (AvgIpc) is 2.87. The van der Waals surface area contributed by atoms with Crippen LogP contribution in [0.5, 0.6) is 0 Å². The number of fused-ring (bicyclic) bond motifs is 1. The Bertz CT molecular complexity index is 829. The van der Waals surface area contributed by atoms with Crippen LogP contribution >= 0.6 is 0 Å². The number of rotatable bonds is 4. The Morgan fingerprint density at radius 2 is 1.57 bits per heavy atom. The Kier molecular flexibility index (Phi) is 4.75. The van der Waals surface area contributed by atoms with E-state index in [9.17, 15) is 19.2 Å². The van der Waals surface area contributed by atoms with E-state index in [1.807, 2.05) is 24.3 Å². The van der Waals surface area contributed by atoms with Crippen molar-refractivity contribution in [2.45, 2.75) is 32.2 Å². The fourth-order valence-electron chi connectivity index (χ4n) is 4.20. The molecule has 0 radical (unpaired) electrons. The Hall–Kier alpha value is -2.96. The molecular weight excluding hydrogens is 358 g/mol. The Morgan fingerprint density at radius 3 is 2.11 bits per heavy atom. The lowest BCUT2D eigenvalue weighted by Crippen LogP contribution is -2.62. The van der Waals surface area contributed by atoms with Crippen molar-refractivity contribution in [3.05, 3.63) is 42.0 Å². The molecule has 7 heteroatoms. The quantitative estimate of drug-likeness (QED) is 0.630. The molecule has 4 rings (SSSR count). The summed E-state index contributed by atoms with van der Waals surface area (Å²) in [5, 5.41) is 2.69. The van der Waals surface area contributed by atoms with Gasteiger partial charge < -0.3 is 10.2 Å². The van der Waals surface area contributed by atoms with Crippen molar-refractivity contribution in [2.24, 2.45) is 11.8 Å². The summed E-state index contributed by atoms with van der Waals surface area (Å²) in [6, 6.07) is 6.95. The van der Waals surface area contributed by atoms with Gasteiger partial charge in [-0.25, -0.2) is 0 Å². The number of hydrogen-bond donors (Lipinski definition) is 1. The molecular formula is C21H23N3O4. The number of nitrogens with zero attached hydrogens (tertiary/aromatic N) is 2. The summed E-state index contributed by atoms with van der Waals surface area (Å²) < 4.78 is 0. The van der Waals surface area contributed by atoms with E-state index in [1.54, 1.807) is 17.0 Å². The molecule has 0 unspecified atom stereocenters. The molecule has 0 spiro atoms. The van der Waals surface area contributed by atoms with E-state index in [0.29, 0.717) is 31.6 Å². The van der Waals surface area contributed by atoms with Crippen LogP contribution in [-0.2, 0) is 25.6 Å². The molecule has 4 amide bonds. The third-order valence-corrected chi connectivity index (χ3v) is 5.75. The largest absolute Gasteiger partial charge is 0.338 e. The number of carbonyl (C=O) groups is 4. The summed E-state index contributed by atoms with van der Waals surface area (Å²) in [5.41, 5.74) is 1.54. The second-order valence-electron chi connectivity index (χ2n) is 7.71. The van der Waals surface area contributed by atoms with Crippen LogP contribution in [0.25, 0.3) is 0 Å². The van der Waals surface area contributed by atoms with Gasteiger partial charge in [0.25, 0.3) is 0 Å². The molecule has 2 heterocycles. The standard InChI is InChI=1S/C21H23N3O4/c1-13(25)22-15-8-6-14(7-9-15)10-19(26)23-11-16(12-23)24-20(27)17-4-2-3-5-18(17)21(24)28/h2-3,6-9,16-18H,4-5,10-12H2,1H3,(H,22,25)/t17-,18+. The highest BCUT2D eigenvalue weighted by atomic mass is 16.2. The SMILES string of the molecule is CC(=O)Nc1ccc(CC(=O)N2CC(N3C(=O)[C@H]4CC=CC[C@H]4C3=O)C2)cc1. The number of amides is 4. The van der Waals surface area contributed by atoms with Gasteiger partial charge in [0.05, 0.1) is 24.3 Å². The fourth-order valence-corrected chi connectivity index (χ4v) is 4.20. The van der Waals surface area contributed by atoms with Gasteiger partial charge in [-0.1, -0.05) is 24.3 Å². The minimum Gasteiger partial charge on any atom is -0.338 e. The van der Waals surface area contributed by atoms with Gasteiger partial charge in [0.1, 0.15) is 0 Å². The normalized spacial score (nSPS) is 24.2. The molecule has 1 aromatic carbocycles. The van der Waals surface area contributed by atoms with Gasteiger partial charge in [0.2, 0.25) is 23.6 Å². The Balaban J connectivity index is 1.31. The van der Waals surface area contributed by atoms with Crippen molar-refractivity contribution in [3.63, 3.8) is 0 Å². The Labute approximate surface area is 163 Å². The number of imide groups is 1. The van der Waals surface area contributed by atoms with Gasteiger partial charge in [0.15, 0.2) is 0 Å². The number of anilines is 1. The van der Waals surface area contributed by atoms with Crippen LogP contribution in [0.2, 0.25) is 0 Å². The molecule has 1 N–H and O–H groups in total. The van der Waals surface area contributed by atoms with Gasteiger partial charge in [-0.2, -0.15) is 0 Å². The van der Waals surface area contributed by atoms with Crippen LogP contribution in [0.1, 0.15) is 25.3 Å². The predicted octanol–water partition coefficient (Wildman–Crippen LogP) is 1.35. The van der Waals surface area contributed by atoms with Crippen LogP contribution < -0.4 is 5.32 Å². The van der Waals surface area contributed by atoms with Crippen molar-refractivity contribution in [2.75, 3.05) is 18.4 Å². The summed E-state index contributed by atoms with van der Waals surface area (Å²) in [7, 11) is 0.